The number of benzene rings is 2. The maximum atomic E-state index is 12.4. The predicted octanol–water partition coefficient (Wildman–Crippen LogP) is 5.34. The number of rotatable bonds is 8. The first kappa shape index (κ1) is 21.2. The number of methoxy groups -OCH3 is 1. The second kappa shape index (κ2) is 9.30. The smallest absolute Gasteiger partial charge is 0.387 e. The Bertz CT molecular complexity index is 1010. The van der Waals surface area contributed by atoms with Crippen LogP contribution in [-0.2, 0) is 6.61 Å². The lowest BCUT2D eigenvalue weighted by Gasteiger charge is -2.12. The molecule has 8 heteroatoms. The van der Waals surface area contributed by atoms with Gasteiger partial charge in [-0.25, -0.2) is 0 Å². The van der Waals surface area contributed by atoms with Crippen LogP contribution in [0.4, 0.5) is 14.5 Å². The molecular weight excluding hydrogens is 396 g/mol. The molecule has 6 nitrogen and oxygen atoms in total. The monoisotopic (exact) mass is 417 g/mol. The highest BCUT2D eigenvalue weighted by molar-refractivity contribution is 6.02. The van der Waals surface area contributed by atoms with Crippen LogP contribution in [0, 0.1) is 13.8 Å². The molecule has 30 heavy (non-hydrogen) atoms. The fourth-order valence-corrected chi connectivity index (χ4v) is 2.88. The first-order valence-electron chi connectivity index (χ1n) is 9.09. The minimum Gasteiger partial charge on any atom is -0.493 e. The second-order valence-electron chi connectivity index (χ2n) is 6.47. The third kappa shape index (κ3) is 5.08. The van der Waals surface area contributed by atoms with Crippen LogP contribution >= 0.6 is 0 Å². The summed E-state index contributed by atoms with van der Waals surface area (Å²) in [6.45, 7) is 1.10. The molecule has 1 heterocycles. The van der Waals surface area contributed by atoms with Crippen LogP contribution < -0.4 is 19.5 Å². The molecular formula is C22H21F2NO5. The Morgan fingerprint density at radius 3 is 2.47 bits per heavy atom. The van der Waals surface area contributed by atoms with E-state index in [2.05, 4.69) is 10.1 Å². The van der Waals surface area contributed by atoms with Crippen LogP contribution in [0.5, 0.6) is 17.2 Å². The standard InChI is InChI=1S/C22H21F2NO5/c1-13-5-4-6-14(2)20(13)28-12-16-8-10-18(29-16)21(26)25-15-7-9-17(30-22(23)24)19(11-15)27-3/h4-11,22H,12H2,1-3H3,(H,25,26). The van der Waals surface area contributed by atoms with E-state index in [4.69, 9.17) is 13.9 Å². The number of hydrogen-bond acceptors (Lipinski definition) is 5. The maximum Gasteiger partial charge on any atom is 0.387 e. The van der Waals surface area contributed by atoms with E-state index in [0.717, 1.165) is 16.9 Å². The van der Waals surface area contributed by atoms with Gasteiger partial charge in [-0.1, -0.05) is 18.2 Å². The molecule has 0 spiro atoms. The molecule has 0 saturated heterocycles. The molecule has 0 atom stereocenters. The van der Waals surface area contributed by atoms with E-state index in [0.29, 0.717) is 11.4 Å². The van der Waals surface area contributed by atoms with Gasteiger partial charge in [-0.05, 0) is 49.2 Å². The van der Waals surface area contributed by atoms with Crippen LogP contribution in [0.1, 0.15) is 27.4 Å². The summed E-state index contributed by atoms with van der Waals surface area (Å²) in [5, 5.41) is 2.62. The summed E-state index contributed by atoms with van der Waals surface area (Å²) < 4.78 is 45.6. The molecule has 0 bridgehead atoms. The lowest BCUT2D eigenvalue weighted by Crippen LogP contribution is -2.11. The summed E-state index contributed by atoms with van der Waals surface area (Å²) in [4.78, 5) is 12.4. The zero-order valence-corrected chi connectivity index (χ0v) is 16.7. The number of carbonyl (C=O) groups is 1. The van der Waals surface area contributed by atoms with Gasteiger partial charge in [0, 0.05) is 11.8 Å². The topological polar surface area (TPSA) is 69.9 Å². The number of para-hydroxylation sites is 1. The lowest BCUT2D eigenvalue weighted by molar-refractivity contribution is -0.0512. The average molecular weight is 417 g/mol. The number of nitrogens with one attached hydrogen (secondary N) is 1. The van der Waals surface area contributed by atoms with Crippen molar-refractivity contribution in [3.8, 4) is 17.2 Å². The van der Waals surface area contributed by atoms with Crippen molar-refractivity contribution in [2.24, 2.45) is 0 Å². The first-order chi connectivity index (χ1) is 14.4. The number of amides is 1. The van der Waals surface area contributed by atoms with Gasteiger partial charge in [-0.2, -0.15) is 8.78 Å². The fraction of sp³-hybridized carbons (Fsp3) is 0.227. The summed E-state index contributed by atoms with van der Waals surface area (Å²) >= 11 is 0. The van der Waals surface area contributed by atoms with E-state index in [1.807, 2.05) is 32.0 Å². The van der Waals surface area contributed by atoms with E-state index in [1.54, 1.807) is 6.07 Å². The zero-order chi connectivity index (χ0) is 21.7. The number of carbonyl (C=O) groups excluding carboxylic acids is 1. The van der Waals surface area contributed by atoms with Gasteiger partial charge in [0.15, 0.2) is 17.3 Å². The Morgan fingerprint density at radius 2 is 1.80 bits per heavy atom. The quantitative estimate of drug-likeness (QED) is 0.536. The Labute approximate surface area is 172 Å². The Kier molecular flexibility index (Phi) is 6.56. The van der Waals surface area contributed by atoms with Crippen LogP contribution in [-0.4, -0.2) is 19.6 Å². The Hall–Kier alpha value is -3.55. The van der Waals surface area contributed by atoms with E-state index in [9.17, 15) is 13.6 Å². The van der Waals surface area contributed by atoms with Crippen LogP contribution in [0.2, 0.25) is 0 Å². The largest absolute Gasteiger partial charge is 0.493 e. The first-order valence-corrected chi connectivity index (χ1v) is 9.09. The molecule has 1 aromatic heterocycles. The fourth-order valence-electron chi connectivity index (χ4n) is 2.88. The molecule has 3 rings (SSSR count). The molecule has 0 fully saturated rings. The molecule has 158 valence electrons. The number of halogens is 2. The number of furan rings is 1. The molecule has 0 aliphatic rings. The summed E-state index contributed by atoms with van der Waals surface area (Å²) in [7, 11) is 1.31. The molecule has 1 N–H and O–H groups in total. The van der Waals surface area contributed by atoms with Crippen molar-refractivity contribution in [1.82, 2.24) is 0 Å². The van der Waals surface area contributed by atoms with Crippen molar-refractivity contribution < 1.29 is 32.2 Å². The van der Waals surface area contributed by atoms with E-state index in [1.165, 1.54) is 31.4 Å². The number of ether oxygens (including phenoxy) is 3. The molecule has 3 aromatic rings. The zero-order valence-electron chi connectivity index (χ0n) is 16.7. The number of hydrogen-bond donors (Lipinski definition) is 1. The number of alkyl halides is 2. The third-order valence-corrected chi connectivity index (χ3v) is 4.29. The molecule has 0 aliphatic heterocycles. The van der Waals surface area contributed by atoms with Gasteiger partial charge in [0.2, 0.25) is 0 Å². The summed E-state index contributed by atoms with van der Waals surface area (Å²) in [6.07, 6.45) is 0. The SMILES string of the molecule is COc1cc(NC(=O)c2ccc(COc3c(C)cccc3C)o2)ccc1OC(F)F. The Balaban J connectivity index is 1.65. The van der Waals surface area contributed by atoms with Crippen molar-refractivity contribution in [3.63, 3.8) is 0 Å². The van der Waals surface area contributed by atoms with E-state index in [-0.39, 0.29) is 23.9 Å². The second-order valence-corrected chi connectivity index (χ2v) is 6.47. The van der Waals surface area contributed by atoms with Crippen LogP contribution in [0.15, 0.2) is 52.9 Å². The van der Waals surface area contributed by atoms with Gasteiger partial charge in [0.05, 0.1) is 7.11 Å². The molecule has 0 aliphatic carbocycles. The van der Waals surface area contributed by atoms with Gasteiger partial charge in [0.1, 0.15) is 18.1 Å². The lowest BCUT2D eigenvalue weighted by atomic mass is 10.1. The van der Waals surface area contributed by atoms with Gasteiger partial charge < -0.3 is 23.9 Å². The summed E-state index contributed by atoms with van der Waals surface area (Å²) in [6, 6.07) is 13.1. The van der Waals surface area contributed by atoms with Crippen molar-refractivity contribution in [2.75, 3.05) is 12.4 Å². The Morgan fingerprint density at radius 1 is 1.07 bits per heavy atom. The minimum absolute atomic E-state index is 0.0650. The maximum absolute atomic E-state index is 12.4. The van der Waals surface area contributed by atoms with Crippen LogP contribution in [0.3, 0.4) is 0 Å². The molecule has 0 unspecified atom stereocenters. The van der Waals surface area contributed by atoms with Crippen molar-refractivity contribution in [2.45, 2.75) is 27.1 Å². The molecule has 2 aromatic carbocycles. The highest BCUT2D eigenvalue weighted by Crippen LogP contribution is 2.31. The van der Waals surface area contributed by atoms with Crippen molar-refractivity contribution in [3.05, 3.63) is 71.2 Å². The van der Waals surface area contributed by atoms with Gasteiger partial charge >= 0.3 is 6.61 Å². The predicted molar refractivity (Wildman–Crippen MR) is 107 cm³/mol. The van der Waals surface area contributed by atoms with Gasteiger partial charge in [-0.15, -0.1) is 0 Å². The van der Waals surface area contributed by atoms with Gasteiger partial charge in [-0.3, -0.25) is 4.79 Å². The van der Waals surface area contributed by atoms with E-state index >= 15 is 0 Å². The number of anilines is 1. The summed E-state index contributed by atoms with van der Waals surface area (Å²) in [5.74, 6) is 0.781. The third-order valence-electron chi connectivity index (χ3n) is 4.29. The average Bonchev–Trinajstić information content (AvgIpc) is 3.17. The summed E-state index contributed by atoms with van der Waals surface area (Å²) in [5.41, 5.74) is 2.35. The van der Waals surface area contributed by atoms with Crippen molar-refractivity contribution >= 4 is 11.6 Å². The normalized spacial score (nSPS) is 10.7. The number of aryl methyl sites for hydroxylation is 2. The minimum atomic E-state index is -2.98. The van der Waals surface area contributed by atoms with Gasteiger partial charge in [0.25, 0.3) is 5.91 Å². The van der Waals surface area contributed by atoms with Crippen LogP contribution in [0.25, 0.3) is 0 Å². The molecule has 0 saturated carbocycles. The highest BCUT2D eigenvalue weighted by Gasteiger charge is 2.15. The van der Waals surface area contributed by atoms with Crippen molar-refractivity contribution in [1.29, 1.82) is 0 Å². The molecule has 1 amide bonds. The molecule has 0 radical (unpaired) electrons. The highest BCUT2D eigenvalue weighted by atomic mass is 19.3. The van der Waals surface area contributed by atoms with E-state index < -0.39 is 12.5 Å².